The van der Waals surface area contributed by atoms with Gasteiger partial charge in [-0.25, -0.2) is 4.98 Å². The number of halogens is 3. The van der Waals surface area contributed by atoms with Crippen LogP contribution in [0.25, 0.3) is 0 Å². The average Bonchev–Trinajstić information content (AvgIpc) is 2.75. The maximum absolute atomic E-state index is 12.1. The molecule has 1 unspecified atom stereocenters. The lowest BCUT2D eigenvalue weighted by molar-refractivity contribution is 0.0940. The predicted octanol–water partition coefficient (Wildman–Crippen LogP) is 4.59. The Morgan fingerprint density at radius 1 is 1.26 bits per heavy atom. The van der Waals surface area contributed by atoms with Gasteiger partial charge in [-0.1, -0.05) is 34.8 Å². The molecular weight excluding hydrogens is 327 g/mol. The molecule has 0 fully saturated rings. The molecule has 0 aliphatic heterocycles. The molecule has 19 heavy (non-hydrogen) atoms. The molecule has 0 radical (unpaired) electrons. The molecule has 1 N–H and O–H groups in total. The van der Waals surface area contributed by atoms with Crippen molar-refractivity contribution in [2.75, 3.05) is 0 Å². The molecule has 2 aromatic rings. The van der Waals surface area contributed by atoms with Crippen molar-refractivity contribution >= 4 is 52.0 Å². The third kappa shape index (κ3) is 3.60. The van der Waals surface area contributed by atoms with E-state index >= 15 is 0 Å². The molecule has 0 aliphatic rings. The summed E-state index contributed by atoms with van der Waals surface area (Å²) in [4.78, 5) is 16.9. The Bertz CT molecular complexity index is 615. The highest BCUT2D eigenvalue weighted by atomic mass is 35.5. The van der Waals surface area contributed by atoms with Gasteiger partial charge in [0, 0.05) is 4.88 Å². The van der Waals surface area contributed by atoms with E-state index in [1.54, 1.807) is 12.1 Å². The highest BCUT2D eigenvalue weighted by Crippen LogP contribution is 2.27. The standard InChI is InChI=1S/C12H9Cl3N2OS/c1-6(8-3-5-10(14)19-8)16-12(18)7-2-4-9(13)17-11(7)15/h2-6H,1H3,(H,16,18). The fraction of sp³-hybridized carbons (Fsp3) is 0.167. The van der Waals surface area contributed by atoms with Crippen LogP contribution >= 0.6 is 46.1 Å². The fourth-order valence-electron chi connectivity index (χ4n) is 1.49. The summed E-state index contributed by atoms with van der Waals surface area (Å²) >= 11 is 18.9. The van der Waals surface area contributed by atoms with E-state index in [9.17, 15) is 4.79 Å². The maximum Gasteiger partial charge on any atom is 0.254 e. The van der Waals surface area contributed by atoms with Gasteiger partial charge >= 0.3 is 0 Å². The number of rotatable bonds is 3. The summed E-state index contributed by atoms with van der Waals surface area (Å²) in [5, 5.41) is 3.17. The van der Waals surface area contributed by atoms with Gasteiger partial charge in [0.2, 0.25) is 0 Å². The van der Waals surface area contributed by atoms with E-state index in [-0.39, 0.29) is 22.3 Å². The van der Waals surface area contributed by atoms with E-state index in [1.807, 2.05) is 13.0 Å². The first-order valence-corrected chi connectivity index (χ1v) is 7.30. The van der Waals surface area contributed by atoms with E-state index in [1.165, 1.54) is 17.4 Å². The van der Waals surface area contributed by atoms with Crippen molar-refractivity contribution in [1.29, 1.82) is 0 Å². The van der Waals surface area contributed by atoms with Crippen LogP contribution in [0.2, 0.25) is 14.6 Å². The third-order valence-electron chi connectivity index (χ3n) is 2.43. The molecule has 0 aliphatic carbocycles. The minimum Gasteiger partial charge on any atom is -0.345 e. The number of nitrogens with zero attached hydrogens (tertiary/aromatic N) is 1. The number of nitrogens with one attached hydrogen (secondary N) is 1. The van der Waals surface area contributed by atoms with Crippen LogP contribution in [0.15, 0.2) is 24.3 Å². The van der Waals surface area contributed by atoms with Gasteiger partial charge in [0.15, 0.2) is 0 Å². The van der Waals surface area contributed by atoms with Crippen molar-refractivity contribution < 1.29 is 4.79 Å². The molecule has 2 rings (SSSR count). The minimum absolute atomic E-state index is 0.0846. The highest BCUT2D eigenvalue weighted by Gasteiger charge is 2.16. The van der Waals surface area contributed by atoms with Crippen LogP contribution in [0.1, 0.15) is 28.2 Å². The number of thiophene rings is 1. The van der Waals surface area contributed by atoms with E-state index in [2.05, 4.69) is 10.3 Å². The Kier molecular flexibility index (Phi) is 4.68. The molecule has 0 spiro atoms. The SMILES string of the molecule is CC(NC(=O)c1ccc(Cl)nc1Cl)c1ccc(Cl)s1. The zero-order valence-electron chi connectivity index (χ0n) is 9.78. The normalized spacial score (nSPS) is 12.2. The second-order valence-corrected chi connectivity index (χ2v) is 6.30. The van der Waals surface area contributed by atoms with Crippen molar-refractivity contribution in [2.24, 2.45) is 0 Å². The van der Waals surface area contributed by atoms with E-state index in [4.69, 9.17) is 34.8 Å². The topological polar surface area (TPSA) is 42.0 Å². The average molecular weight is 336 g/mol. The van der Waals surface area contributed by atoms with Crippen LogP contribution in [-0.4, -0.2) is 10.9 Å². The monoisotopic (exact) mass is 334 g/mol. The van der Waals surface area contributed by atoms with Crippen LogP contribution in [-0.2, 0) is 0 Å². The second-order valence-electron chi connectivity index (χ2n) is 3.81. The first kappa shape index (κ1) is 14.6. The Hall–Kier alpha value is -0.810. The van der Waals surface area contributed by atoms with Crippen LogP contribution in [0.3, 0.4) is 0 Å². The number of amides is 1. The summed E-state index contributed by atoms with van der Waals surface area (Å²) in [5.74, 6) is -0.300. The lowest BCUT2D eigenvalue weighted by Gasteiger charge is -2.12. The summed E-state index contributed by atoms with van der Waals surface area (Å²) in [5.41, 5.74) is 0.292. The molecule has 0 saturated carbocycles. The van der Waals surface area contributed by atoms with Gasteiger partial charge in [0.25, 0.3) is 5.91 Å². The predicted molar refractivity (Wildman–Crippen MR) is 79.5 cm³/mol. The van der Waals surface area contributed by atoms with Crippen molar-refractivity contribution in [1.82, 2.24) is 10.3 Å². The summed E-state index contributed by atoms with van der Waals surface area (Å²) in [6, 6.07) is 6.58. The molecule has 1 atom stereocenters. The number of pyridine rings is 1. The summed E-state index contributed by atoms with van der Waals surface area (Å²) in [6.45, 7) is 1.87. The van der Waals surface area contributed by atoms with Crippen molar-refractivity contribution in [2.45, 2.75) is 13.0 Å². The summed E-state index contributed by atoms with van der Waals surface area (Å²) in [6.07, 6.45) is 0. The number of hydrogen-bond donors (Lipinski definition) is 1. The third-order valence-corrected chi connectivity index (χ3v) is 4.34. The Morgan fingerprint density at radius 3 is 2.58 bits per heavy atom. The van der Waals surface area contributed by atoms with E-state index < -0.39 is 0 Å². The molecule has 0 saturated heterocycles. The van der Waals surface area contributed by atoms with Gasteiger partial charge in [-0.15, -0.1) is 11.3 Å². The van der Waals surface area contributed by atoms with Gasteiger partial charge < -0.3 is 5.32 Å². The Labute approximate surface area is 129 Å². The molecule has 0 bridgehead atoms. The Morgan fingerprint density at radius 2 is 2.00 bits per heavy atom. The largest absolute Gasteiger partial charge is 0.345 e. The van der Waals surface area contributed by atoms with Crippen molar-refractivity contribution in [3.05, 3.63) is 49.3 Å². The molecule has 0 aromatic carbocycles. The fourth-order valence-corrected chi connectivity index (χ4v) is 2.98. The van der Waals surface area contributed by atoms with Gasteiger partial charge in [-0.05, 0) is 31.2 Å². The lowest BCUT2D eigenvalue weighted by Crippen LogP contribution is -2.26. The van der Waals surface area contributed by atoms with Gasteiger partial charge in [0.05, 0.1) is 15.9 Å². The van der Waals surface area contributed by atoms with Crippen LogP contribution < -0.4 is 5.32 Å². The molecule has 7 heteroatoms. The van der Waals surface area contributed by atoms with Crippen molar-refractivity contribution in [3.8, 4) is 0 Å². The lowest BCUT2D eigenvalue weighted by atomic mass is 10.2. The molecule has 1 amide bonds. The minimum atomic E-state index is -0.300. The number of carbonyl (C=O) groups excluding carboxylic acids is 1. The quantitative estimate of drug-likeness (QED) is 0.833. The molecule has 100 valence electrons. The smallest absolute Gasteiger partial charge is 0.254 e. The van der Waals surface area contributed by atoms with Crippen molar-refractivity contribution in [3.63, 3.8) is 0 Å². The molecule has 2 aromatic heterocycles. The maximum atomic E-state index is 12.1. The molecule has 3 nitrogen and oxygen atoms in total. The van der Waals surface area contributed by atoms with Gasteiger partial charge in [-0.3, -0.25) is 4.79 Å². The van der Waals surface area contributed by atoms with Gasteiger partial charge in [-0.2, -0.15) is 0 Å². The number of carbonyl (C=O) groups is 1. The van der Waals surface area contributed by atoms with E-state index in [0.717, 1.165) is 4.88 Å². The van der Waals surface area contributed by atoms with Crippen LogP contribution in [0.5, 0.6) is 0 Å². The first-order valence-electron chi connectivity index (χ1n) is 5.35. The van der Waals surface area contributed by atoms with Crippen LogP contribution in [0, 0.1) is 0 Å². The molecule has 2 heterocycles. The molecular formula is C12H9Cl3N2OS. The number of aromatic nitrogens is 1. The van der Waals surface area contributed by atoms with Crippen LogP contribution in [0.4, 0.5) is 0 Å². The number of hydrogen-bond acceptors (Lipinski definition) is 3. The zero-order chi connectivity index (χ0) is 14.0. The first-order chi connectivity index (χ1) is 8.97. The van der Waals surface area contributed by atoms with Gasteiger partial charge in [0.1, 0.15) is 10.3 Å². The highest BCUT2D eigenvalue weighted by molar-refractivity contribution is 7.16. The van der Waals surface area contributed by atoms with E-state index in [0.29, 0.717) is 9.90 Å². The summed E-state index contributed by atoms with van der Waals surface area (Å²) < 4.78 is 0.683. The summed E-state index contributed by atoms with van der Waals surface area (Å²) in [7, 11) is 0. The zero-order valence-corrected chi connectivity index (χ0v) is 12.9. The second kappa shape index (κ2) is 6.09. The Balaban J connectivity index is 2.12.